The number of carbonyl (C=O) groups is 1. The Morgan fingerprint density at radius 3 is 2.37 bits per heavy atom. The monoisotopic (exact) mass is 296 g/mol. The fourth-order valence-corrected chi connectivity index (χ4v) is 2.67. The van der Waals surface area contributed by atoms with E-state index in [0.29, 0.717) is 0 Å². The predicted molar refractivity (Wildman–Crippen MR) is 70.7 cm³/mol. The average Bonchev–Trinajstić information content (AvgIpc) is 2.27. The van der Waals surface area contributed by atoms with Gasteiger partial charge in [-0.15, -0.1) is 0 Å². The minimum atomic E-state index is -4.43. The number of hydrogen-bond donors (Lipinski definition) is 1. The van der Waals surface area contributed by atoms with Gasteiger partial charge >= 0.3 is 24.8 Å². The van der Waals surface area contributed by atoms with Crippen LogP contribution in [0.15, 0.2) is 29.2 Å². The first-order valence-corrected chi connectivity index (χ1v) is 10.0. The summed E-state index contributed by atoms with van der Waals surface area (Å²) < 4.78 is 36.7. The maximum absolute atomic E-state index is 11.9. The van der Waals surface area contributed by atoms with E-state index in [1.165, 1.54) is 24.3 Å². The van der Waals surface area contributed by atoms with Crippen LogP contribution >= 0.6 is 0 Å². The van der Waals surface area contributed by atoms with E-state index in [2.05, 4.69) is 0 Å². The van der Waals surface area contributed by atoms with Crippen molar-refractivity contribution in [1.82, 2.24) is 0 Å². The Labute approximate surface area is 127 Å². The number of carbonyl (C=O) groups excluding carboxylic acids is 1. The van der Waals surface area contributed by atoms with Crippen molar-refractivity contribution in [3.63, 3.8) is 0 Å². The van der Waals surface area contributed by atoms with Gasteiger partial charge in [0, 0.05) is 0 Å². The maximum Gasteiger partial charge on any atom is 1.00 e. The molecule has 0 aromatic heterocycles. The van der Waals surface area contributed by atoms with Crippen molar-refractivity contribution in [2.24, 2.45) is 0 Å². The molecule has 0 unspecified atom stereocenters. The fourth-order valence-electron chi connectivity index (χ4n) is 1.24. The Bertz CT molecular complexity index is 562. The molecule has 0 aliphatic rings. The maximum atomic E-state index is 11.9. The van der Waals surface area contributed by atoms with Gasteiger partial charge in [0.05, 0.1) is 5.56 Å². The molecule has 0 bridgehead atoms. The summed E-state index contributed by atoms with van der Waals surface area (Å²) in [7, 11) is -6.56. The molecule has 19 heavy (non-hydrogen) atoms. The minimum absolute atomic E-state index is 0. The van der Waals surface area contributed by atoms with Crippen molar-refractivity contribution < 1.29 is 42.5 Å². The van der Waals surface area contributed by atoms with Crippen LogP contribution in [0.3, 0.4) is 0 Å². The molecular weight excluding hydrogens is 279 g/mol. The number of hydrogen-bond acceptors (Lipinski definition) is 4. The molecule has 8 heteroatoms. The molecule has 1 aromatic carbocycles. The Morgan fingerprint density at radius 2 is 1.89 bits per heavy atom. The van der Waals surface area contributed by atoms with Gasteiger partial charge in [-0.1, -0.05) is 19.1 Å². The first kappa shape index (κ1) is 18.4. The molecule has 1 N–H and O–H groups in total. The SMILES string of the molecule is CC[Si](C)(C)OC(=O)c1ccccc1S(=O)(=O)O.[H-].[Li+]. The largest absolute Gasteiger partial charge is 1.00 e. The van der Waals surface area contributed by atoms with E-state index in [9.17, 15) is 13.2 Å². The first-order chi connectivity index (χ1) is 8.17. The van der Waals surface area contributed by atoms with Crippen LogP contribution in [0.5, 0.6) is 0 Å². The second-order valence-corrected chi connectivity index (χ2v) is 10.3. The van der Waals surface area contributed by atoms with E-state index in [1.807, 2.05) is 20.0 Å². The fraction of sp³-hybridized carbons (Fsp3) is 0.364. The zero-order valence-electron chi connectivity index (χ0n) is 12.5. The average molecular weight is 296 g/mol. The molecular formula is C11H17LiO5SSi. The summed E-state index contributed by atoms with van der Waals surface area (Å²) in [5.74, 6) is -0.707. The summed E-state index contributed by atoms with van der Waals surface area (Å²) in [6.45, 7) is 5.64. The van der Waals surface area contributed by atoms with Crippen LogP contribution in [0.2, 0.25) is 19.1 Å². The van der Waals surface area contributed by atoms with Gasteiger partial charge in [0.2, 0.25) is 8.32 Å². The molecule has 0 aliphatic heterocycles. The van der Waals surface area contributed by atoms with Gasteiger partial charge in [0.25, 0.3) is 10.1 Å². The zero-order valence-corrected chi connectivity index (χ0v) is 13.3. The second kappa shape index (κ2) is 6.72. The van der Waals surface area contributed by atoms with Gasteiger partial charge in [-0.2, -0.15) is 8.42 Å². The van der Waals surface area contributed by atoms with Crippen LogP contribution in [-0.2, 0) is 14.5 Å². The summed E-state index contributed by atoms with van der Waals surface area (Å²) in [6.07, 6.45) is 0. The van der Waals surface area contributed by atoms with Gasteiger partial charge in [-0.25, -0.2) is 4.79 Å². The molecule has 0 heterocycles. The van der Waals surface area contributed by atoms with Crippen molar-refractivity contribution in [3.05, 3.63) is 29.8 Å². The van der Waals surface area contributed by atoms with E-state index in [1.54, 1.807) is 0 Å². The van der Waals surface area contributed by atoms with Crippen LogP contribution in [-0.4, -0.2) is 27.3 Å². The molecule has 0 aliphatic carbocycles. The van der Waals surface area contributed by atoms with Crippen molar-refractivity contribution in [2.45, 2.75) is 31.0 Å². The van der Waals surface area contributed by atoms with Crippen LogP contribution in [0.1, 0.15) is 18.7 Å². The van der Waals surface area contributed by atoms with E-state index in [4.69, 9.17) is 8.98 Å². The third kappa shape index (κ3) is 5.12. The Kier molecular flexibility index (Phi) is 6.52. The summed E-state index contributed by atoms with van der Waals surface area (Å²) in [5, 5.41) is 0. The standard InChI is InChI=1S/C11H16O5SSi.Li.H/c1-4-18(2,3)16-11(12)9-7-5-6-8-10(9)17(13,14)15;;/h5-8H,4H2,1-3H3,(H,13,14,15);;/q;+1;-1. The second-order valence-electron chi connectivity index (χ2n) is 4.47. The van der Waals surface area contributed by atoms with Gasteiger partial charge in [0.15, 0.2) is 0 Å². The third-order valence-corrected chi connectivity index (χ3v) is 5.96. The molecule has 102 valence electrons. The molecule has 0 saturated heterocycles. The molecule has 0 radical (unpaired) electrons. The molecule has 5 nitrogen and oxygen atoms in total. The Morgan fingerprint density at radius 1 is 1.37 bits per heavy atom. The molecule has 1 rings (SSSR count). The summed E-state index contributed by atoms with van der Waals surface area (Å²) in [4.78, 5) is 11.5. The summed E-state index contributed by atoms with van der Waals surface area (Å²) >= 11 is 0. The topological polar surface area (TPSA) is 80.7 Å². The summed E-state index contributed by atoms with van der Waals surface area (Å²) in [6, 6.07) is 6.18. The van der Waals surface area contributed by atoms with Crippen molar-refractivity contribution >= 4 is 24.4 Å². The van der Waals surface area contributed by atoms with E-state index >= 15 is 0 Å². The molecule has 0 spiro atoms. The summed E-state index contributed by atoms with van der Waals surface area (Å²) in [5.41, 5.74) is -0.131. The normalized spacial score (nSPS) is 11.6. The number of benzene rings is 1. The van der Waals surface area contributed by atoms with Crippen LogP contribution in [0.25, 0.3) is 0 Å². The molecule has 0 fully saturated rings. The predicted octanol–water partition coefficient (Wildman–Crippen LogP) is -0.568. The van der Waals surface area contributed by atoms with Gasteiger partial charge in [-0.05, 0) is 31.3 Å². The first-order valence-electron chi connectivity index (χ1n) is 5.47. The molecule has 1 aromatic rings. The van der Waals surface area contributed by atoms with Crippen LogP contribution in [0, 0.1) is 0 Å². The van der Waals surface area contributed by atoms with Crippen molar-refractivity contribution in [1.29, 1.82) is 0 Å². The smallest absolute Gasteiger partial charge is 1.00 e. The third-order valence-electron chi connectivity index (χ3n) is 2.61. The van der Waals surface area contributed by atoms with E-state index in [0.717, 1.165) is 6.04 Å². The molecule has 0 atom stereocenters. The molecule has 0 saturated carbocycles. The van der Waals surface area contributed by atoms with Crippen molar-refractivity contribution in [3.8, 4) is 0 Å². The van der Waals surface area contributed by atoms with Crippen LogP contribution < -0.4 is 18.9 Å². The number of rotatable bonds is 4. The minimum Gasteiger partial charge on any atom is -1.00 e. The Balaban J connectivity index is 0. The van der Waals surface area contributed by atoms with E-state index < -0.39 is 29.3 Å². The van der Waals surface area contributed by atoms with Gasteiger partial charge < -0.3 is 5.85 Å². The molecule has 0 amide bonds. The quantitative estimate of drug-likeness (QED) is 0.594. The van der Waals surface area contributed by atoms with E-state index in [-0.39, 0.29) is 25.9 Å². The Hall–Kier alpha value is -0.586. The van der Waals surface area contributed by atoms with Crippen molar-refractivity contribution in [2.75, 3.05) is 0 Å². The zero-order chi connectivity index (χ0) is 14.0. The van der Waals surface area contributed by atoms with Crippen LogP contribution in [0.4, 0.5) is 0 Å². The van der Waals surface area contributed by atoms with Gasteiger partial charge in [0.1, 0.15) is 4.90 Å². The van der Waals surface area contributed by atoms with Gasteiger partial charge in [-0.3, -0.25) is 4.55 Å².